The lowest BCUT2D eigenvalue weighted by atomic mass is 10.0. The van der Waals surface area contributed by atoms with Gasteiger partial charge in [0.1, 0.15) is 0 Å². The van der Waals surface area contributed by atoms with Gasteiger partial charge in [-0.3, -0.25) is 9.59 Å². The number of likely N-dealkylation sites (tertiary alicyclic amines) is 1. The second kappa shape index (κ2) is 6.80. The van der Waals surface area contributed by atoms with Gasteiger partial charge in [-0.1, -0.05) is 18.5 Å². The molecule has 2 rings (SSSR count). The Hall–Kier alpha value is -1.75. The Balaban J connectivity index is 1.93. The molecule has 0 aliphatic carbocycles. The van der Waals surface area contributed by atoms with E-state index in [0.29, 0.717) is 35.8 Å². The molecule has 1 heterocycles. The number of nitrogen functional groups attached to an aromatic ring is 1. The minimum absolute atomic E-state index is 0.0443. The maximum absolute atomic E-state index is 12.4. The fraction of sp³-hybridized carbons (Fsp3) is 0.467. The summed E-state index contributed by atoms with van der Waals surface area (Å²) < 4.78 is 0. The second-order valence-corrected chi connectivity index (χ2v) is 5.63. The summed E-state index contributed by atoms with van der Waals surface area (Å²) in [6.07, 6.45) is 2.05. The van der Waals surface area contributed by atoms with E-state index in [-0.39, 0.29) is 17.9 Å². The topological polar surface area (TPSA) is 75.4 Å². The molecule has 114 valence electrons. The number of hydrogen-bond acceptors (Lipinski definition) is 3. The van der Waals surface area contributed by atoms with Crippen LogP contribution in [0, 0.1) is 0 Å². The molecule has 5 nitrogen and oxygen atoms in total. The molecule has 0 aromatic heterocycles. The van der Waals surface area contributed by atoms with Crippen LogP contribution in [-0.4, -0.2) is 35.8 Å². The quantitative estimate of drug-likeness (QED) is 0.839. The molecule has 2 amide bonds. The van der Waals surface area contributed by atoms with Crippen molar-refractivity contribution in [2.75, 3.05) is 18.8 Å². The molecule has 21 heavy (non-hydrogen) atoms. The maximum atomic E-state index is 12.4. The molecule has 0 spiro atoms. The normalized spacial score (nSPS) is 15.8. The summed E-state index contributed by atoms with van der Waals surface area (Å²) in [5.41, 5.74) is 6.66. The predicted octanol–water partition coefficient (Wildman–Crippen LogP) is 2.05. The number of nitrogens with two attached hydrogens (primary N) is 1. The number of benzene rings is 1. The molecule has 0 atom stereocenters. The molecule has 0 radical (unpaired) electrons. The smallest absolute Gasteiger partial charge is 0.253 e. The second-order valence-electron chi connectivity index (χ2n) is 5.22. The molecular formula is C15H20ClN3O2. The first-order chi connectivity index (χ1) is 10.0. The van der Waals surface area contributed by atoms with Crippen LogP contribution in [0.25, 0.3) is 0 Å². The highest BCUT2D eigenvalue weighted by Crippen LogP contribution is 2.21. The van der Waals surface area contributed by atoms with Crippen LogP contribution in [0.4, 0.5) is 5.69 Å². The number of halogens is 1. The standard InChI is InChI=1S/C15H20ClN3O2/c1-2-14(20)18-11-5-7-19(8-6-11)15(21)10-3-4-13(17)12(16)9-10/h3-4,9,11H,2,5-8,17H2,1H3,(H,18,20). The summed E-state index contributed by atoms with van der Waals surface area (Å²) in [5.74, 6) is 0.0160. The van der Waals surface area contributed by atoms with E-state index in [2.05, 4.69) is 5.32 Å². The van der Waals surface area contributed by atoms with E-state index in [1.807, 2.05) is 6.92 Å². The molecular weight excluding hydrogens is 290 g/mol. The zero-order valence-electron chi connectivity index (χ0n) is 12.1. The van der Waals surface area contributed by atoms with Gasteiger partial charge in [0.05, 0.1) is 10.7 Å². The first-order valence-corrected chi connectivity index (χ1v) is 7.52. The molecule has 1 aliphatic rings. The number of piperidine rings is 1. The summed E-state index contributed by atoms with van der Waals surface area (Å²) in [5, 5.41) is 3.36. The van der Waals surface area contributed by atoms with Crippen LogP contribution in [0.5, 0.6) is 0 Å². The zero-order chi connectivity index (χ0) is 15.4. The molecule has 6 heteroatoms. The fourth-order valence-corrected chi connectivity index (χ4v) is 2.58. The first kappa shape index (κ1) is 15.6. The predicted molar refractivity (Wildman–Crippen MR) is 83.2 cm³/mol. The van der Waals surface area contributed by atoms with Crippen molar-refractivity contribution in [1.82, 2.24) is 10.2 Å². The lowest BCUT2D eigenvalue weighted by Crippen LogP contribution is -2.46. The van der Waals surface area contributed by atoms with Crippen LogP contribution in [-0.2, 0) is 4.79 Å². The van der Waals surface area contributed by atoms with E-state index in [9.17, 15) is 9.59 Å². The SMILES string of the molecule is CCC(=O)NC1CCN(C(=O)c2ccc(N)c(Cl)c2)CC1. The summed E-state index contributed by atoms with van der Waals surface area (Å²) >= 11 is 5.95. The molecule has 1 aromatic rings. The minimum Gasteiger partial charge on any atom is -0.398 e. The Labute approximate surface area is 129 Å². The molecule has 1 saturated heterocycles. The van der Waals surface area contributed by atoms with Crippen molar-refractivity contribution in [3.05, 3.63) is 28.8 Å². The first-order valence-electron chi connectivity index (χ1n) is 7.15. The van der Waals surface area contributed by atoms with Gasteiger partial charge in [0, 0.05) is 31.1 Å². The molecule has 1 aromatic carbocycles. The van der Waals surface area contributed by atoms with Gasteiger partial charge < -0.3 is 16.0 Å². The van der Waals surface area contributed by atoms with E-state index in [4.69, 9.17) is 17.3 Å². The summed E-state index contributed by atoms with van der Waals surface area (Å²) in [7, 11) is 0. The number of hydrogen-bond donors (Lipinski definition) is 2. The fourth-order valence-electron chi connectivity index (χ4n) is 2.40. The summed E-state index contributed by atoms with van der Waals surface area (Å²) in [6, 6.07) is 5.10. The highest BCUT2D eigenvalue weighted by atomic mass is 35.5. The van der Waals surface area contributed by atoms with Crippen molar-refractivity contribution < 1.29 is 9.59 Å². The average Bonchev–Trinajstić information content (AvgIpc) is 2.50. The zero-order valence-corrected chi connectivity index (χ0v) is 12.8. The van der Waals surface area contributed by atoms with Crippen LogP contribution in [0.15, 0.2) is 18.2 Å². The summed E-state index contributed by atoms with van der Waals surface area (Å²) in [6.45, 7) is 3.10. The van der Waals surface area contributed by atoms with E-state index < -0.39 is 0 Å². The van der Waals surface area contributed by atoms with E-state index in [1.165, 1.54) is 0 Å². The average molecular weight is 310 g/mol. The molecule has 3 N–H and O–H groups in total. The van der Waals surface area contributed by atoms with Crippen molar-refractivity contribution >= 4 is 29.1 Å². The Morgan fingerprint density at radius 1 is 1.38 bits per heavy atom. The number of carbonyl (C=O) groups is 2. The maximum Gasteiger partial charge on any atom is 0.253 e. The van der Waals surface area contributed by atoms with E-state index in [0.717, 1.165) is 12.8 Å². The third kappa shape index (κ3) is 3.88. The van der Waals surface area contributed by atoms with E-state index >= 15 is 0 Å². The van der Waals surface area contributed by atoms with Gasteiger partial charge in [-0.05, 0) is 31.0 Å². The molecule has 1 fully saturated rings. The van der Waals surface area contributed by atoms with Gasteiger partial charge in [-0.15, -0.1) is 0 Å². The molecule has 0 saturated carbocycles. The monoisotopic (exact) mass is 309 g/mol. The van der Waals surface area contributed by atoms with Gasteiger partial charge in [0.15, 0.2) is 0 Å². The number of anilines is 1. The van der Waals surface area contributed by atoms with Crippen molar-refractivity contribution in [2.24, 2.45) is 0 Å². The largest absolute Gasteiger partial charge is 0.398 e. The van der Waals surface area contributed by atoms with Crippen LogP contribution in [0.1, 0.15) is 36.5 Å². The van der Waals surface area contributed by atoms with Gasteiger partial charge >= 0.3 is 0 Å². The number of nitrogens with zero attached hydrogens (tertiary/aromatic N) is 1. The Morgan fingerprint density at radius 2 is 2.05 bits per heavy atom. The Morgan fingerprint density at radius 3 is 2.62 bits per heavy atom. The van der Waals surface area contributed by atoms with Crippen molar-refractivity contribution in [3.8, 4) is 0 Å². The lowest BCUT2D eigenvalue weighted by molar-refractivity contribution is -0.121. The highest BCUT2D eigenvalue weighted by molar-refractivity contribution is 6.33. The van der Waals surface area contributed by atoms with Crippen molar-refractivity contribution in [3.63, 3.8) is 0 Å². The molecule has 0 unspecified atom stereocenters. The van der Waals surface area contributed by atoms with Gasteiger partial charge in [0.2, 0.25) is 5.91 Å². The minimum atomic E-state index is -0.0443. The van der Waals surface area contributed by atoms with Gasteiger partial charge in [0.25, 0.3) is 5.91 Å². The van der Waals surface area contributed by atoms with Gasteiger partial charge in [-0.2, -0.15) is 0 Å². The molecule has 0 bridgehead atoms. The van der Waals surface area contributed by atoms with Crippen LogP contribution >= 0.6 is 11.6 Å². The lowest BCUT2D eigenvalue weighted by Gasteiger charge is -2.32. The number of amides is 2. The third-order valence-electron chi connectivity index (χ3n) is 3.72. The van der Waals surface area contributed by atoms with Gasteiger partial charge in [-0.25, -0.2) is 0 Å². The number of carbonyl (C=O) groups excluding carboxylic acids is 2. The van der Waals surface area contributed by atoms with Crippen molar-refractivity contribution in [1.29, 1.82) is 0 Å². The molecule has 1 aliphatic heterocycles. The Kier molecular flexibility index (Phi) is 5.07. The Bertz CT molecular complexity index is 540. The van der Waals surface area contributed by atoms with E-state index in [1.54, 1.807) is 23.1 Å². The van der Waals surface area contributed by atoms with Crippen molar-refractivity contribution in [2.45, 2.75) is 32.2 Å². The third-order valence-corrected chi connectivity index (χ3v) is 4.04. The van der Waals surface area contributed by atoms with Crippen LogP contribution in [0.3, 0.4) is 0 Å². The number of rotatable bonds is 3. The highest BCUT2D eigenvalue weighted by Gasteiger charge is 2.24. The van der Waals surface area contributed by atoms with Crippen LogP contribution in [0.2, 0.25) is 5.02 Å². The summed E-state index contributed by atoms with van der Waals surface area (Å²) in [4.78, 5) is 25.5. The van der Waals surface area contributed by atoms with Crippen LogP contribution < -0.4 is 11.1 Å². The number of nitrogens with one attached hydrogen (secondary N) is 1.